The summed E-state index contributed by atoms with van der Waals surface area (Å²) in [7, 11) is -13.6. The minimum Gasteiger partial charge on any atom is -0.756 e. The first-order chi connectivity index (χ1) is 19.0. The molecule has 7 atom stereocenters. The van der Waals surface area contributed by atoms with E-state index < -0.39 is 60.2 Å². The Hall–Kier alpha value is -2.42. The molecule has 228 valence electrons. The van der Waals surface area contributed by atoms with Crippen molar-refractivity contribution in [3.05, 3.63) is 28.6 Å². The molecule has 0 radical (unpaired) electrons. The highest BCUT2D eigenvalue weighted by Crippen LogP contribution is 2.62. The normalized spacial score (nSPS) is 25.6. The van der Waals surface area contributed by atoms with Gasteiger partial charge in [0.25, 0.3) is 35.0 Å². The molecule has 0 aliphatic carbocycles. The van der Waals surface area contributed by atoms with E-state index in [9.17, 15) is 38.3 Å². The minimum atomic E-state index is -6.04. The van der Waals surface area contributed by atoms with Crippen molar-refractivity contribution in [1.29, 1.82) is 0 Å². The van der Waals surface area contributed by atoms with E-state index in [0.29, 0.717) is 12.8 Å². The molecule has 3 aromatic rings. The summed E-state index contributed by atoms with van der Waals surface area (Å²) in [5.74, 6) is -0.241. The Bertz CT molecular complexity index is 1620. The summed E-state index contributed by atoms with van der Waals surface area (Å²) in [6, 6.07) is 0. The lowest BCUT2D eigenvalue weighted by atomic mass is 10.1. The number of imidazole rings is 1. The summed E-state index contributed by atoms with van der Waals surface area (Å²) in [5, 5.41) is 18.7. The number of fused-ring (bicyclic) bond motifs is 1. The smallest absolute Gasteiger partial charge is 0.313 e. The molecule has 1 saturated heterocycles. The number of hydrogen-bond acceptors (Lipinski definition) is 18. The molecule has 4 heterocycles. The van der Waals surface area contributed by atoms with Gasteiger partial charge < -0.3 is 44.0 Å². The number of rotatable bonds is 12. The van der Waals surface area contributed by atoms with Crippen LogP contribution in [-0.2, 0) is 61.5 Å². The number of nitrogen functional groups attached to an aromatic ring is 1. The van der Waals surface area contributed by atoms with Gasteiger partial charge in [0.2, 0.25) is 11.7 Å². The zero-order chi connectivity index (χ0) is 30.3. The first-order valence-corrected chi connectivity index (χ1v) is 15.5. The minimum absolute atomic E-state index is 0.00509. The second-order valence-corrected chi connectivity index (χ2v) is 13.1. The Kier molecular flexibility index (Phi) is 8.99. The second kappa shape index (κ2) is 11.7. The molecule has 1 aliphatic rings. The van der Waals surface area contributed by atoms with Crippen molar-refractivity contribution < 1.29 is 65.2 Å². The van der Waals surface area contributed by atoms with Gasteiger partial charge in [0.15, 0.2) is 6.33 Å². The number of phosphoric ester groups is 2. The SMILES string of the molecule is COP(=O)([O-])OP(=O)([O-])OP(=O)([O-])OC[C@@H]1O[C@H]([n+]2cn(C)c3c(=O)[nH]c(N)nc32)C(O)C1OCc1cn(C)nn1. The van der Waals surface area contributed by atoms with Crippen LogP contribution in [0.2, 0.25) is 0 Å². The van der Waals surface area contributed by atoms with Crippen molar-refractivity contribution in [3.8, 4) is 0 Å². The third kappa shape index (κ3) is 7.33. The molecule has 4 rings (SSSR count). The molecule has 4 N–H and O–H groups in total. The quantitative estimate of drug-likeness (QED) is 0.126. The number of ether oxygens (including phenoxy) is 2. The fraction of sp³-hybridized carbons (Fsp3) is 0.562. The van der Waals surface area contributed by atoms with Crippen LogP contribution >= 0.6 is 23.5 Å². The fourth-order valence-corrected chi connectivity index (χ4v) is 7.00. The number of aromatic nitrogens is 7. The number of nitrogens with zero attached hydrogens (tertiary/aromatic N) is 6. The van der Waals surface area contributed by atoms with Gasteiger partial charge in [-0.25, -0.2) is 13.2 Å². The summed E-state index contributed by atoms with van der Waals surface area (Å²) in [5.41, 5.74) is 5.44. The van der Waals surface area contributed by atoms with E-state index >= 15 is 0 Å². The molecule has 25 heteroatoms. The summed E-state index contributed by atoms with van der Waals surface area (Å²) >= 11 is 0. The highest BCUT2D eigenvalue weighted by molar-refractivity contribution is 7.65. The number of nitrogens with one attached hydrogen (secondary N) is 1. The van der Waals surface area contributed by atoms with E-state index in [1.807, 2.05) is 0 Å². The highest BCUT2D eigenvalue weighted by atomic mass is 31.3. The van der Waals surface area contributed by atoms with Crippen LogP contribution in [-0.4, -0.2) is 66.7 Å². The molecule has 0 amide bonds. The number of nitrogens with two attached hydrogens (primary N) is 1. The number of phosphoric acid groups is 3. The molecule has 0 spiro atoms. The third-order valence-corrected chi connectivity index (χ3v) is 9.58. The number of aromatic amines is 1. The standard InChI is InChI=1S/C16H25N8O14P3/c1-22-7-24(13-10(22)14(26)19-16(17)18-13)15-11(25)12(34-5-8-4-23(2)21-20-8)9(36-15)6-35-40(29,30)38-41(31,32)37-39(27,28)33-3/h4,7,9,11-12,15,25H,5-6H2,1-3H3,(H5-,17,18,19,26,27,28,29,30,31,32)/p-2/t9-,11?,12?,15-/m0/s1. The topological polar surface area (TPSA) is 307 Å². The number of aliphatic hydroxyl groups is 1. The van der Waals surface area contributed by atoms with Crippen LogP contribution in [0.3, 0.4) is 0 Å². The molecule has 41 heavy (non-hydrogen) atoms. The first-order valence-electron chi connectivity index (χ1n) is 11.1. The molecule has 5 unspecified atom stereocenters. The number of H-pyrrole nitrogens is 1. The van der Waals surface area contributed by atoms with E-state index in [0.717, 1.165) is 0 Å². The summed E-state index contributed by atoms with van der Waals surface area (Å²) < 4.78 is 66.4. The van der Waals surface area contributed by atoms with Crippen LogP contribution in [0.15, 0.2) is 17.3 Å². The maximum atomic E-state index is 12.4. The number of aryl methyl sites for hydroxylation is 2. The van der Waals surface area contributed by atoms with E-state index in [1.165, 1.54) is 33.4 Å². The third-order valence-electron chi connectivity index (χ3n) is 5.47. The van der Waals surface area contributed by atoms with Gasteiger partial charge in [-0.2, -0.15) is 0 Å². The summed E-state index contributed by atoms with van der Waals surface area (Å²) in [4.78, 5) is 54.0. The zero-order valence-corrected chi connectivity index (χ0v) is 23.9. The average molecular weight is 644 g/mol. The van der Waals surface area contributed by atoms with Gasteiger partial charge in [0, 0.05) is 14.2 Å². The van der Waals surface area contributed by atoms with Gasteiger partial charge in [-0.1, -0.05) is 10.2 Å². The van der Waals surface area contributed by atoms with Crippen LogP contribution < -0.4 is 30.5 Å². The van der Waals surface area contributed by atoms with Gasteiger partial charge in [-0.15, -0.1) is 5.10 Å². The van der Waals surface area contributed by atoms with Gasteiger partial charge in [-0.3, -0.25) is 32.7 Å². The van der Waals surface area contributed by atoms with Crippen molar-refractivity contribution in [3.63, 3.8) is 0 Å². The Morgan fingerprint density at radius 3 is 2.51 bits per heavy atom. The molecule has 1 aliphatic heterocycles. The van der Waals surface area contributed by atoms with Crippen LogP contribution in [0.25, 0.3) is 11.2 Å². The van der Waals surface area contributed by atoms with E-state index in [-0.39, 0.29) is 23.7 Å². The summed E-state index contributed by atoms with van der Waals surface area (Å²) in [6.07, 6.45) is -2.85. The number of aliphatic hydroxyl groups excluding tert-OH is 1. The lowest BCUT2D eigenvalue weighted by Gasteiger charge is -2.34. The Morgan fingerprint density at radius 1 is 1.20 bits per heavy atom. The lowest BCUT2D eigenvalue weighted by molar-refractivity contribution is -0.745. The maximum absolute atomic E-state index is 12.4. The van der Waals surface area contributed by atoms with Crippen LogP contribution in [0.1, 0.15) is 11.9 Å². The average Bonchev–Trinajstić information content (AvgIpc) is 3.50. The number of anilines is 1. The molecule has 0 bridgehead atoms. The van der Waals surface area contributed by atoms with Crippen molar-refractivity contribution in [2.45, 2.75) is 31.1 Å². The molecular formula is C16H23N8O14P3-2. The Labute approximate surface area is 229 Å². The molecule has 3 aromatic heterocycles. The van der Waals surface area contributed by atoms with Crippen molar-refractivity contribution >= 4 is 40.6 Å². The molecule has 0 saturated carbocycles. The van der Waals surface area contributed by atoms with Crippen LogP contribution in [0, 0.1) is 0 Å². The largest absolute Gasteiger partial charge is 0.756 e. The van der Waals surface area contributed by atoms with E-state index in [1.54, 1.807) is 7.05 Å². The maximum Gasteiger partial charge on any atom is 0.313 e. The number of hydrogen-bond donors (Lipinski definition) is 3. The second-order valence-electron chi connectivity index (χ2n) is 8.46. The van der Waals surface area contributed by atoms with Gasteiger partial charge in [0.05, 0.1) is 26.5 Å². The monoisotopic (exact) mass is 644 g/mol. The fourth-order valence-electron chi connectivity index (χ4n) is 3.87. The predicted octanol–water partition coefficient (Wildman–Crippen LogP) is -3.80. The van der Waals surface area contributed by atoms with Gasteiger partial charge in [-0.05, 0) is 0 Å². The molecule has 0 aromatic carbocycles. The van der Waals surface area contributed by atoms with Crippen molar-refractivity contribution in [2.24, 2.45) is 14.1 Å². The van der Waals surface area contributed by atoms with Gasteiger partial charge >= 0.3 is 5.65 Å². The van der Waals surface area contributed by atoms with Crippen LogP contribution in [0.5, 0.6) is 0 Å². The predicted molar refractivity (Wildman–Crippen MR) is 123 cm³/mol. The molecule has 22 nitrogen and oxygen atoms in total. The summed E-state index contributed by atoms with van der Waals surface area (Å²) in [6.45, 7) is -1.24. The zero-order valence-electron chi connectivity index (χ0n) is 21.2. The van der Waals surface area contributed by atoms with Gasteiger partial charge in [0.1, 0.15) is 24.0 Å². The van der Waals surface area contributed by atoms with Crippen molar-refractivity contribution in [1.82, 2.24) is 29.5 Å². The first kappa shape index (κ1) is 31.5. The lowest BCUT2D eigenvalue weighted by Crippen LogP contribution is -2.46. The van der Waals surface area contributed by atoms with E-state index in [4.69, 9.17) is 15.2 Å². The van der Waals surface area contributed by atoms with Crippen molar-refractivity contribution in [2.75, 3.05) is 19.5 Å². The molecular weight excluding hydrogens is 621 g/mol. The Balaban J connectivity index is 1.58. The Morgan fingerprint density at radius 2 is 1.88 bits per heavy atom. The van der Waals surface area contributed by atoms with Crippen LogP contribution in [0.4, 0.5) is 5.95 Å². The molecule has 1 fully saturated rings. The van der Waals surface area contributed by atoms with E-state index in [2.05, 4.69) is 37.9 Å². The highest BCUT2D eigenvalue weighted by Gasteiger charge is 2.49.